The second kappa shape index (κ2) is 13.4. The van der Waals surface area contributed by atoms with Gasteiger partial charge in [0.05, 0.1) is 29.5 Å². The van der Waals surface area contributed by atoms with Gasteiger partial charge in [0.15, 0.2) is 0 Å². The molecule has 0 saturated carbocycles. The lowest BCUT2D eigenvalue weighted by atomic mass is 9.83. The molecule has 0 bridgehead atoms. The molecule has 6 nitrogen and oxygen atoms in total. The van der Waals surface area contributed by atoms with Crippen LogP contribution in [0.15, 0.2) is 61.2 Å². The molecule has 15 heteroatoms. The van der Waals surface area contributed by atoms with Crippen molar-refractivity contribution < 1.29 is 44.3 Å². The Bertz CT molecular complexity index is 1680. The van der Waals surface area contributed by atoms with Crippen molar-refractivity contribution in [3.8, 4) is 11.1 Å². The average molecular weight is 686 g/mol. The van der Waals surface area contributed by atoms with Crippen molar-refractivity contribution in [1.29, 1.82) is 0 Å². The Morgan fingerprint density at radius 3 is 1.98 bits per heavy atom. The first-order valence-corrected chi connectivity index (χ1v) is 15.0. The predicted octanol–water partition coefficient (Wildman–Crippen LogP) is 8.71. The van der Waals surface area contributed by atoms with Crippen LogP contribution in [0.2, 0.25) is 0 Å². The summed E-state index contributed by atoms with van der Waals surface area (Å²) in [5.74, 6) is -0.905. The molecular formula is C33H32F9N5O. The number of benzene rings is 2. The van der Waals surface area contributed by atoms with Crippen molar-refractivity contribution in [2.24, 2.45) is 13.0 Å². The molecule has 1 aliphatic heterocycles. The van der Waals surface area contributed by atoms with Gasteiger partial charge < -0.3 is 9.64 Å². The minimum absolute atomic E-state index is 0.0874. The Labute approximate surface area is 270 Å². The highest BCUT2D eigenvalue weighted by Gasteiger charge is 2.41. The maximum absolute atomic E-state index is 13.8. The molecule has 3 unspecified atom stereocenters. The average Bonchev–Trinajstić information content (AvgIpc) is 3.65. The van der Waals surface area contributed by atoms with E-state index >= 15 is 0 Å². The maximum atomic E-state index is 13.8. The van der Waals surface area contributed by atoms with Gasteiger partial charge in [-0.25, -0.2) is 9.97 Å². The zero-order valence-electron chi connectivity index (χ0n) is 26.1. The van der Waals surface area contributed by atoms with Crippen LogP contribution in [0.1, 0.15) is 59.3 Å². The van der Waals surface area contributed by atoms with Crippen molar-refractivity contribution in [2.75, 3.05) is 18.6 Å². The molecule has 0 N–H and O–H groups in total. The lowest BCUT2D eigenvalue weighted by molar-refractivity contribution is -0.143. The highest BCUT2D eigenvalue weighted by molar-refractivity contribution is 5.59. The van der Waals surface area contributed by atoms with E-state index in [4.69, 9.17) is 4.74 Å². The van der Waals surface area contributed by atoms with Gasteiger partial charge in [0, 0.05) is 73.6 Å². The summed E-state index contributed by atoms with van der Waals surface area (Å²) in [6.07, 6.45) is -7.48. The summed E-state index contributed by atoms with van der Waals surface area (Å²) in [5, 5.41) is 4.12. The summed E-state index contributed by atoms with van der Waals surface area (Å²) in [6, 6.07) is 4.69. The number of ether oxygens (including phenoxy) is 1. The molecule has 0 spiro atoms. The van der Waals surface area contributed by atoms with Gasteiger partial charge in [0.25, 0.3) is 0 Å². The van der Waals surface area contributed by atoms with Gasteiger partial charge in [0.1, 0.15) is 5.82 Å². The SMILES string of the molecule is CCC1CC(C(Cc2cc(C(F)(F)F)cc(C(F)(F)F)c2)c2ncc(-c3cnn(C)c3)cn2)CN1c1ccc(C(F)(F)F)cc1COC. The number of rotatable bonds is 9. The van der Waals surface area contributed by atoms with E-state index in [1.807, 2.05) is 11.8 Å². The van der Waals surface area contributed by atoms with E-state index in [-0.39, 0.29) is 49.0 Å². The summed E-state index contributed by atoms with van der Waals surface area (Å²) in [5.41, 5.74) is -1.76. The fraction of sp³-hybridized carbons (Fsp3) is 0.424. The second-order valence-electron chi connectivity index (χ2n) is 11.9. The first kappa shape index (κ1) is 35.2. The smallest absolute Gasteiger partial charge is 0.380 e. The van der Waals surface area contributed by atoms with Crippen LogP contribution in [0.3, 0.4) is 0 Å². The van der Waals surface area contributed by atoms with Gasteiger partial charge >= 0.3 is 18.5 Å². The van der Waals surface area contributed by atoms with Gasteiger partial charge in [0.2, 0.25) is 0 Å². The van der Waals surface area contributed by atoms with Gasteiger partial charge in [-0.3, -0.25) is 4.68 Å². The van der Waals surface area contributed by atoms with E-state index in [0.717, 1.165) is 12.1 Å². The molecule has 5 rings (SSSR count). The number of halogens is 9. The molecule has 3 atom stereocenters. The first-order valence-electron chi connectivity index (χ1n) is 15.0. The van der Waals surface area contributed by atoms with Crippen LogP contribution in [-0.4, -0.2) is 39.4 Å². The number of anilines is 1. The minimum atomic E-state index is -5.02. The number of aromatic nitrogens is 4. The Hall–Kier alpha value is -4.14. The van der Waals surface area contributed by atoms with E-state index in [9.17, 15) is 39.5 Å². The van der Waals surface area contributed by atoms with Gasteiger partial charge in [-0.15, -0.1) is 0 Å². The minimum Gasteiger partial charge on any atom is -0.380 e. The quantitative estimate of drug-likeness (QED) is 0.165. The number of aryl methyl sites for hydroxylation is 1. The summed E-state index contributed by atoms with van der Waals surface area (Å²) < 4.78 is 130. The second-order valence-corrected chi connectivity index (χ2v) is 11.9. The third-order valence-electron chi connectivity index (χ3n) is 8.65. The van der Waals surface area contributed by atoms with E-state index in [0.29, 0.717) is 47.4 Å². The number of methoxy groups -OCH3 is 1. The van der Waals surface area contributed by atoms with Crippen molar-refractivity contribution in [3.63, 3.8) is 0 Å². The number of nitrogens with zero attached hydrogens (tertiary/aromatic N) is 5. The highest BCUT2D eigenvalue weighted by Crippen LogP contribution is 2.43. The zero-order valence-corrected chi connectivity index (χ0v) is 26.1. The molecule has 2 aromatic carbocycles. The molecule has 0 radical (unpaired) electrons. The normalized spacial score (nSPS) is 18.0. The van der Waals surface area contributed by atoms with E-state index in [1.54, 1.807) is 24.1 Å². The molecule has 0 aliphatic carbocycles. The van der Waals surface area contributed by atoms with Crippen LogP contribution in [0, 0.1) is 5.92 Å². The number of hydrogen-bond acceptors (Lipinski definition) is 5. The molecule has 3 heterocycles. The van der Waals surface area contributed by atoms with Crippen molar-refractivity contribution in [2.45, 2.75) is 63.3 Å². The summed E-state index contributed by atoms with van der Waals surface area (Å²) in [7, 11) is 3.09. The van der Waals surface area contributed by atoms with E-state index < -0.39 is 41.1 Å². The summed E-state index contributed by atoms with van der Waals surface area (Å²) in [6.45, 7) is 2.03. The molecule has 1 aliphatic rings. The summed E-state index contributed by atoms with van der Waals surface area (Å²) >= 11 is 0. The van der Waals surface area contributed by atoms with Crippen LogP contribution in [0.25, 0.3) is 11.1 Å². The van der Waals surface area contributed by atoms with E-state index in [2.05, 4.69) is 15.1 Å². The maximum Gasteiger partial charge on any atom is 0.416 e. The highest BCUT2D eigenvalue weighted by atomic mass is 19.4. The fourth-order valence-corrected chi connectivity index (χ4v) is 6.35. The summed E-state index contributed by atoms with van der Waals surface area (Å²) in [4.78, 5) is 11.0. The van der Waals surface area contributed by atoms with Crippen LogP contribution in [-0.2, 0) is 43.3 Å². The Kier molecular flexibility index (Phi) is 9.82. The van der Waals surface area contributed by atoms with Gasteiger partial charge in [-0.2, -0.15) is 44.6 Å². The third-order valence-corrected chi connectivity index (χ3v) is 8.65. The molecule has 1 saturated heterocycles. The van der Waals surface area contributed by atoms with Crippen LogP contribution >= 0.6 is 0 Å². The van der Waals surface area contributed by atoms with Crippen molar-refractivity contribution in [1.82, 2.24) is 19.7 Å². The predicted molar refractivity (Wildman–Crippen MR) is 159 cm³/mol. The molecule has 0 amide bonds. The Balaban J connectivity index is 1.57. The molecule has 1 fully saturated rings. The number of hydrogen-bond donors (Lipinski definition) is 0. The van der Waals surface area contributed by atoms with E-state index in [1.165, 1.54) is 25.6 Å². The number of alkyl halides is 9. The zero-order chi connectivity index (χ0) is 35.0. The lowest BCUT2D eigenvalue weighted by Crippen LogP contribution is -2.30. The van der Waals surface area contributed by atoms with Gasteiger partial charge in [-0.05, 0) is 67.1 Å². The Morgan fingerprint density at radius 1 is 0.833 bits per heavy atom. The van der Waals surface area contributed by atoms with Crippen molar-refractivity contribution in [3.05, 3.63) is 94.8 Å². The third kappa shape index (κ3) is 7.77. The molecule has 48 heavy (non-hydrogen) atoms. The standard InChI is InChI=1S/C33H32F9N5O/c1-4-27-11-20(17-47(27)29-6-5-24(31(34,35)36)10-21(29)18-48-3)28(30-43-13-22(14-44-30)23-15-45-46(2)16-23)9-19-7-25(32(37,38)39)12-26(8-19)33(40,41)42/h5-8,10,12-16,20,27-28H,4,9,11,17-18H2,1-3H3. The Morgan fingerprint density at radius 2 is 1.46 bits per heavy atom. The van der Waals surface area contributed by atoms with Crippen LogP contribution in [0.5, 0.6) is 0 Å². The largest absolute Gasteiger partial charge is 0.416 e. The lowest BCUT2D eigenvalue weighted by Gasteiger charge is -2.29. The van der Waals surface area contributed by atoms with Crippen LogP contribution in [0.4, 0.5) is 45.2 Å². The van der Waals surface area contributed by atoms with Gasteiger partial charge in [-0.1, -0.05) is 6.92 Å². The van der Waals surface area contributed by atoms with Crippen molar-refractivity contribution >= 4 is 5.69 Å². The van der Waals surface area contributed by atoms with Crippen LogP contribution < -0.4 is 4.90 Å². The molecule has 258 valence electrons. The molecular weight excluding hydrogens is 653 g/mol. The topological polar surface area (TPSA) is 56.1 Å². The molecule has 2 aromatic heterocycles. The first-order chi connectivity index (χ1) is 22.5. The monoisotopic (exact) mass is 685 g/mol. The molecule has 4 aromatic rings. The fourth-order valence-electron chi connectivity index (χ4n) is 6.35.